The smallest absolute Gasteiger partial charge is 0.144 e. The quantitative estimate of drug-likeness (QED) is 0.232. The normalized spacial score (nSPS) is 12.7. The van der Waals surface area contributed by atoms with Crippen molar-refractivity contribution in [3.63, 3.8) is 0 Å². The largest absolute Gasteiger partial charge is 0.457 e. The molecule has 5 nitrogen and oxygen atoms in total. The third-order valence-corrected chi connectivity index (χ3v) is 7.49. The number of hydrogen-bond donors (Lipinski definition) is 0. The maximum atomic E-state index is 6.41. The van der Waals surface area contributed by atoms with E-state index < -0.39 is 0 Å². The van der Waals surface area contributed by atoms with E-state index in [0.717, 1.165) is 56.6 Å². The zero-order valence-corrected chi connectivity index (χ0v) is 22.9. The predicted octanol–water partition coefficient (Wildman–Crippen LogP) is 8.96. The van der Waals surface area contributed by atoms with E-state index in [-0.39, 0.29) is 5.41 Å². The van der Waals surface area contributed by atoms with Crippen LogP contribution in [0.25, 0.3) is 33.7 Å². The molecule has 1 aliphatic rings. The highest BCUT2D eigenvalue weighted by Crippen LogP contribution is 2.42. The lowest BCUT2D eigenvalue weighted by Crippen LogP contribution is -2.26. The molecule has 3 heterocycles. The first-order valence-electron chi connectivity index (χ1n) is 13.6. The van der Waals surface area contributed by atoms with Crippen molar-refractivity contribution in [2.24, 2.45) is 0 Å². The van der Waals surface area contributed by atoms with Crippen LogP contribution < -0.4 is 9.64 Å². The Hall–Kier alpha value is -4.90. The molecule has 0 saturated carbocycles. The summed E-state index contributed by atoms with van der Waals surface area (Å²) >= 11 is 0. The Morgan fingerprint density at radius 3 is 2.40 bits per heavy atom. The van der Waals surface area contributed by atoms with Crippen LogP contribution >= 0.6 is 0 Å². The number of hydrogen-bond acceptors (Lipinski definition) is 4. The molecule has 0 amide bonds. The van der Waals surface area contributed by atoms with Crippen molar-refractivity contribution >= 4 is 22.4 Å². The number of nitrogens with zero attached hydrogens (tertiary/aromatic N) is 4. The summed E-state index contributed by atoms with van der Waals surface area (Å²) in [6, 6.07) is 37.5. The maximum absolute atomic E-state index is 6.41. The van der Waals surface area contributed by atoms with Crippen molar-refractivity contribution in [1.82, 2.24) is 14.5 Å². The van der Waals surface area contributed by atoms with Gasteiger partial charge >= 0.3 is 0 Å². The van der Waals surface area contributed by atoms with Gasteiger partial charge < -0.3 is 14.2 Å². The molecule has 0 fully saturated rings. The molecular formula is C35H30N4O. The Bertz CT molecular complexity index is 1860. The number of pyridine rings is 1. The summed E-state index contributed by atoms with van der Waals surface area (Å²) in [5.74, 6) is 2.56. The summed E-state index contributed by atoms with van der Waals surface area (Å²) < 4.78 is 8.69. The van der Waals surface area contributed by atoms with Crippen LogP contribution in [0.15, 0.2) is 115 Å². The average molecular weight is 523 g/mol. The van der Waals surface area contributed by atoms with Gasteiger partial charge in [-0.05, 0) is 71.6 Å². The van der Waals surface area contributed by atoms with Crippen LogP contribution in [0.1, 0.15) is 26.3 Å². The fraction of sp³-hybridized carbons (Fsp3) is 0.143. The van der Waals surface area contributed by atoms with E-state index >= 15 is 0 Å². The molecule has 196 valence electrons. The van der Waals surface area contributed by atoms with Gasteiger partial charge in [0.05, 0.1) is 22.4 Å². The number of aromatic nitrogens is 3. The van der Waals surface area contributed by atoms with Crippen molar-refractivity contribution in [3.8, 4) is 34.1 Å². The first-order chi connectivity index (χ1) is 19.4. The third-order valence-electron chi connectivity index (χ3n) is 7.49. The molecule has 0 N–H and O–H groups in total. The van der Waals surface area contributed by atoms with E-state index in [1.165, 1.54) is 5.56 Å². The van der Waals surface area contributed by atoms with E-state index in [0.29, 0.717) is 6.67 Å². The lowest BCUT2D eigenvalue weighted by atomic mass is 9.87. The van der Waals surface area contributed by atoms with E-state index in [2.05, 4.69) is 114 Å². The Labute approximate surface area is 234 Å². The average Bonchev–Trinajstić information content (AvgIpc) is 3.36. The van der Waals surface area contributed by atoms with Gasteiger partial charge in [0.2, 0.25) is 0 Å². The lowest BCUT2D eigenvalue weighted by Gasteiger charge is -2.32. The van der Waals surface area contributed by atoms with Gasteiger partial charge in [-0.15, -0.1) is 0 Å². The van der Waals surface area contributed by atoms with Gasteiger partial charge in [0.25, 0.3) is 0 Å². The summed E-state index contributed by atoms with van der Waals surface area (Å²) in [6.07, 6.45) is 1.89. The first kappa shape index (κ1) is 24.2. The Kier molecular flexibility index (Phi) is 5.67. The lowest BCUT2D eigenvalue weighted by molar-refractivity contribution is 0.483. The molecule has 1 aliphatic heterocycles. The minimum atomic E-state index is 0.0586. The standard InChI is InChI=1S/C35H30N4O/c1-35(2,3)25-18-19-36-31(21-25)24-10-8-12-27(20-24)40-28-13-9-11-26(22-28)38-23-39-33-17-7-5-15-30(33)37-34(39)29-14-4-6-16-32(29)38/h4-22H,23H2,1-3H3. The van der Waals surface area contributed by atoms with E-state index in [1.807, 2.05) is 36.5 Å². The van der Waals surface area contributed by atoms with Crippen LogP contribution in [0.5, 0.6) is 11.5 Å². The predicted molar refractivity (Wildman–Crippen MR) is 162 cm³/mol. The van der Waals surface area contributed by atoms with Gasteiger partial charge in [-0.3, -0.25) is 4.98 Å². The number of para-hydroxylation sites is 3. The SMILES string of the molecule is CC(C)(C)c1ccnc(-c2cccc(Oc3cccc(N4Cn5c(nc6ccccc65)-c5ccccc54)c3)c2)c1. The molecule has 4 aromatic carbocycles. The summed E-state index contributed by atoms with van der Waals surface area (Å²) in [4.78, 5) is 11.9. The third kappa shape index (κ3) is 4.30. The van der Waals surface area contributed by atoms with Crippen LogP contribution in [0.3, 0.4) is 0 Å². The van der Waals surface area contributed by atoms with E-state index in [4.69, 9.17) is 9.72 Å². The molecule has 0 aliphatic carbocycles. The van der Waals surface area contributed by atoms with Crippen molar-refractivity contribution in [2.75, 3.05) is 4.90 Å². The van der Waals surface area contributed by atoms with Crippen molar-refractivity contribution < 1.29 is 4.74 Å². The van der Waals surface area contributed by atoms with Crippen molar-refractivity contribution in [3.05, 3.63) is 121 Å². The molecule has 0 atom stereocenters. The number of fused-ring (bicyclic) bond motifs is 5. The molecule has 0 spiro atoms. The minimum Gasteiger partial charge on any atom is -0.457 e. The van der Waals surface area contributed by atoms with Crippen molar-refractivity contribution in [2.45, 2.75) is 32.9 Å². The summed E-state index contributed by atoms with van der Waals surface area (Å²) in [5.41, 5.74) is 8.74. The first-order valence-corrected chi connectivity index (χ1v) is 13.6. The fourth-order valence-electron chi connectivity index (χ4n) is 5.39. The number of benzene rings is 4. The second kappa shape index (κ2) is 9.38. The molecule has 5 heteroatoms. The molecule has 2 aromatic heterocycles. The van der Waals surface area contributed by atoms with Gasteiger partial charge in [-0.2, -0.15) is 0 Å². The maximum Gasteiger partial charge on any atom is 0.144 e. The van der Waals surface area contributed by atoms with Gasteiger partial charge in [-0.25, -0.2) is 4.98 Å². The number of imidazole rings is 1. The molecular weight excluding hydrogens is 492 g/mol. The molecule has 0 unspecified atom stereocenters. The van der Waals surface area contributed by atoms with Crippen LogP contribution in [0, 0.1) is 0 Å². The molecule has 40 heavy (non-hydrogen) atoms. The van der Waals surface area contributed by atoms with Crippen LogP contribution in [0.2, 0.25) is 0 Å². The molecule has 7 rings (SSSR count). The summed E-state index contributed by atoms with van der Waals surface area (Å²) in [6.45, 7) is 7.32. The van der Waals surface area contributed by atoms with Gasteiger partial charge in [0, 0.05) is 29.1 Å². The van der Waals surface area contributed by atoms with Crippen LogP contribution in [-0.4, -0.2) is 14.5 Å². The van der Waals surface area contributed by atoms with E-state index in [9.17, 15) is 0 Å². The molecule has 0 bridgehead atoms. The minimum absolute atomic E-state index is 0.0586. The monoisotopic (exact) mass is 522 g/mol. The topological polar surface area (TPSA) is 43.2 Å². The Morgan fingerprint density at radius 2 is 1.52 bits per heavy atom. The second-order valence-corrected chi connectivity index (χ2v) is 11.2. The number of ether oxygens (including phenoxy) is 1. The number of rotatable bonds is 4. The van der Waals surface area contributed by atoms with Crippen LogP contribution in [0.4, 0.5) is 11.4 Å². The zero-order chi connectivity index (χ0) is 27.3. The highest BCUT2D eigenvalue weighted by atomic mass is 16.5. The van der Waals surface area contributed by atoms with Gasteiger partial charge in [0.1, 0.15) is 24.0 Å². The Balaban J connectivity index is 1.21. The second-order valence-electron chi connectivity index (χ2n) is 11.2. The highest BCUT2D eigenvalue weighted by molar-refractivity contribution is 5.88. The zero-order valence-electron chi connectivity index (χ0n) is 22.9. The number of anilines is 2. The Morgan fingerprint density at radius 1 is 0.750 bits per heavy atom. The molecule has 0 radical (unpaired) electrons. The fourth-order valence-corrected chi connectivity index (χ4v) is 5.39. The van der Waals surface area contributed by atoms with Crippen molar-refractivity contribution in [1.29, 1.82) is 0 Å². The van der Waals surface area contributed by atoms with E-state index in [1.54, 1.807) is 0 Å². The molecule has 6 aromatic rings. The molecule has 0 saturated heterocycles. The summed E-state index contributed by atoms with van der Waals surface area (Å²) in [5, 5.41) is 0. The summed E-state index contributed by atoms with van der Waals surface area (Å²) in [7, 11) is 0. The van der Waals surface area contributed by atoms with Gasteiger partial charge in [0.15, 0.2) is 0 Å². The van der Waals surface area contributed by atoms with Crippen LogP contribution in [-0.2, 0) is 12.1 Å². The van der Waals surface area contributed by atoms with Gasteiger partial charge in [-0.1, -0.05) is 63.2 Å². The highest BCUT2D eigenvalue weighted by Gasteiger charge is 2.26.